The highest BCUT2D eigenvalue weighted by atomic mass is 16.6. The lowest BCUT2D eigenvalue weighted by molar-refractivity contribution is -0.522. The summed E-state index contributed by atoms with van der Waals surface area (Å²) in [6.45, 7) is -0.0710. The summed E-state index contributed by atoms with van der Waals surface area (Å²) in [7, 11) is 0. The van der Waals surface area contributed by atoms with Crippen molar-refractivity contribution in [2.75, 3.05) is 11.6 Å². The molecule has 0 aromatic heterocycles. The maximum atomic E-state index is 11.2. The highest BCUT2D eigenvalue weighted by Crippen LogP contribution is 2.16. The van der Waals surface area contributed by atoms with E-state index in [1.807, 2.05) is 6.07 Å². The summed E-state index contributed by atoms with van der Waals surface area (Å²) in [5, 5.41) is 15.5. The molecule has 0 saturated heterocycles. The Hall–Kier alpha value is -1.91. The van der Waals surface area contributed by atoms with Crippen LogP contribution in [0.25, 0.3) is 0 Å². The van der Waals surface area contributed by atoms with Gasteiger partial charge in [-0.05, 0) is 17.1 Å². The number of carbonyl (C=O) groups is 1. The van der Waals surface area contributed by atoms with Gasteiger partial charge in [0.25, 0.3) is 0 Å². The van der Waals surface area contributed by atoms with Gasteiger partial charge >= 0.3 is 5.91 Å². The summed E-state index contributed by atoms with van der Waals surface area (Å²) < 4.78 is 0. The van der Waals surface area contributed by atoms with Crippen LogP contribution < -0.4 is 5.01 Å². The highest BCUT2D eigenvalue weighted by molar-refractivity contribution is 5.93. The largest absolute Gasteiger partial charge is 0.571 e. The second kappa shape index (κ2) is 2.85. The summed E-state index contributed by atoms with van der Waals surface area (Å²) in [5.74, 6) is -0.304. The molecule has 1 aromatic rings. The summed E-state index contributed by atoms with van der Waals surface area (Å²) in [6.07, 6.45) is 0. The van der Waals surface area contributed by atoms with Gasteiger partial charge in [-0.2, -0.15) is 0 Å². The zero-order valence-corrected chi connectivity index (χ0v) is 6.75. The molecule has 0 atom stereocenters. The summed E-state index contributed by atoms with van der Waals surface area (Å²) >= 11 is 0. The number of hydrogen-bond donors (Lipinski definition) is 0. The summed E-state index contributed by atoms with van der Waals surface area (Å²) in [6, 6.07) is 8.70. The number of benzene rings is 1. The molecule has 1 heterocycles. The highest BCUT2D eigenvalue weighted by Gasteiger charge is 2.30. The average molecular weight is 177 g/mol. The Labute approximate surface area is 74.5 Å². The molecule has 1 aliphatic rings. The van der Waals surface area contributed by atoms with Gasteiger partial charge in [0.05, 0.1) is 0 Å². The van der Waals surface area contributed by atoms with Crippen LogP contribution in [0.2, 0.25) is 0 Å². The Morgan fingerprint density at radius 3 is 2.62 bits per heavy atom. The number of para-hydroxylation sites is 1. The smallest absolute Gasteiger partial charge is 0.315 e. The average Bonchev–Trinajstić information content (AvgIpc) is 2.48. The quantitative estimate of drug-likeness (QED) is 0.473. The van der Waals surface area contributed by atoms with Crippen molar-refractivity contribution in [1.29, 1.82) is 0 Å². The first-order valence-electron chi connectivity index (χ1n) is 3.81. The van der Waals surface area contributed by atoms with Crippen LogP contribution in [0.4, 0.5) is 5.69 Å². The molecule has 0 saturated carbocycles. The van der Waals surface area contributed by atoms with Crippen LogP contribution in [0.5, 0.6) is 0 Å². The van der Waals surface area contributed by atoms with Crippen molar-refractivity contribution in [3.63, 3.8) is 0 Å². The van der Waals surface area contributed by atoms with Crippen LogP contribution >= 0.6 is 0 Å². The molecule has 0 aliphatic carbocycles. The Bertz CT molecular complexity index is 361. The molecule has 1 aliphatic heterocycles. The lowest BCUT2D eigenvalue weighted by atomic mass is 10.3. The number of amides is 1. The molecule has 13 heavy (non-hydrogen) atoms. The van der Waals surface area contributed by atoms with Gasteiger partial charge in [0.1, 0.15) is 5.69 Å². The van der Waals surface area contributed by atoms with Crippen molar-refractivity contribution < 1.29 is 9.76 Å². The van der Waals surface area contributed by atoms with Crippen LogP contribution in [0.1, 0.15) is 0 Å². The molecule has 5 nitrogen and oxygen atoms in total. The molecule has 0 bridgehead atoms. The minimum absolute atomic E-state index is 0.0710. The van der Waals surface area contributed by atoms with Gasteiger partial charge in [-0.3, -0.25) is 4.79 Å². The molecule has 1 aromatic carbocycles. The molecule has 1 amide bonds. The predicted molar refractivity (Wildman–Crippen MR) is 44.9 cm³/mol. The molecule has 0 N–H and O–H groups in total. The Balaban J connectivity index is 2.36. The van der Waals surface area contributed by atoms with E-state index >= 15 is 0 Å². The second-order valence-electron chi connectivity index (χ2n) is 2.59. The van der Waals surface area contributed by atoms with E-state index in [-0.39, 0.29) is 12.5 Å². The fraction of sp³-hybridized carbons (Fsp3) is 0.125. The molecular formula is C8H7N3O2. The van der Waals surface area contributed by atoms with Crippen molar-refractivity contribution in [2.45, 2.75) is 0 Å². The number of rotatable bonds is 1. The van der Waals surface area contributed by atoms with E-state index in [4.69, 9.17) is 0 Å². The molecular weight excluding hydrogens is 170 g/mol. The third kappa shape index (κ3) is 1.24. The monoisotopic (exact) mass is 177 g/mol. The molecule has 0 radical (unpaired) electrons. The van der Waals surface area contributed by atoms with E-state index < -0.39 is 0 Å². The fourth-order valence-electron chi connectivity index (χ4n) is 1.16. The first kappa shape index (κ1) is 7.72. The molecule has 66 valence electrons. The third-order valence-electron chi connectivity index (χ3n) is 1.74. The Morgan fingerprint density at radius 1 is 1.38 bits per heavy atom. The number of anilines is 1. The SMILES string of the molecule is O=C1CN=[N+]([O-])N1c1ccccc1. The first-order chi connectivity index (χ1) is 6.29. The molecule has 0 fully saturated rings. The minimum atomic E-state index is -0.304. The van der Waals surface area contributed by atoms with Crippen LogP contribution in [0.15, 0.2) is 35.4 Å². The summed E-state index contributed by atoms with van der Waals surface area (Å²) in [4.78, 5) is 11.5. The van der Waals surface area contributed by atoms with E-state index in [1.165, 1.54) is 0 Å². The zero-order chi connectivity index (χ0) is 9.26. The zero-order valence-electron chi connectivity index (χ0n) is 6.75. The van der Waals surface area contributed by atoms with Crippen molar-refractivity contribution in [3.05, 3.63) is 35.5 Å². The topological polar surface area (TPSA) is 58.7 Å². The predicted octanol–water partition coefficient (Wildman–Crippen LogP) is 0.911. The minimum Gasteiger partial charge on any atom is -0.571 e. The Morgan fingerprint density at radius 2 is 2.08 bits per heavy atom. The van der Waals surface area contributed by atoms with Gasteiger partial charge in [0.15, 0.2) is 6.54 Å². The normalized spacial score (nSPS) is 16.2. The standard InChI is InChI=1S/C8H7N3O2/c12-8-6-9-11(13)10(8)7-4-2-1-3-5-7/h1-5H,6H2. The summed E-state index contributed by atoms with van der Waals surface area (Å²) in [5.41, 5.74) is 0.545. The molecule has 5 heteroatoms. The molecule has 0 spiro atoms. The number of hydrogen-bond acceptors (Lipinski definition) is 3. The second-order valence-corrected chi connectivity index (χ2v) is 2.59. The fourth-order valence-corrected chi connectivity index (χ4v) is 1.16. The number of hydrazine groups is 1. The first-order valence-corrected chi connectivity index (χ1v) is 3.81. The van der Waals surface area contributed by atoms with E-state index in [9.17, 15) is 10.0 Å². The van der Waals surface area contributed by atoms with Gasteiger partial charge in [-0.1, -0.05) is 18.2 Å². The Kier molecular flexibility index (Phi) is 1.70. The lowest BCUT2D eigenvalue weighted by Gasteiger charge is -2.09. The van der Waals surface area contributed by atoms with E-state index in [2.05, 4.69) is 5.11 Å². The van der Waals surface area contributed by atoms with Gasteiger partial charge < -0.3 is 5.21 Å². The van der Waals surface area contributed by atoms with Crippen LogP contribution in [0, 0.1) is 5.21 Å². The van der Waals surface area contributed by atoms with E-state index in [0.717, 1.165) is 5.01 Å². The number of nitrogens with zero attached hydrogens (tertiary/aromatic N) is 3. The van der Waals surface area contributed by atoms with Crippen LogP contribution in [-0.2, 0) is 4.79 Å². The third-order valence-corrected chi connectivity index (χ3v) is 1.74. The van der Waals surface area contributed by atoms with Crippen molar-refractivity contribution in [2.24, 2.45) is 5.11 Å². The molecule has 0 unspecified atom stereocenters. The van der Waals surface area contributed by atoms with Gasteiger partial charge in [0, 0.05) is 10.1 Å². The van der Waals surface area contributed by atoms with Crippen molar-refractivity contribution >= 4 is 11.6 Å². The van der Waals surface area contributed by atoms with Gasteiger partial charge in [0.2, 0.25) is 0 Å². The van der Waals surface area contributed by atoms with Crippen LogP contribution in [-0.4, -0.2) is 17.4 Å². The molecule has 2 rings (SSSR count). The lowest BCUT2D eigenvalue weighted by Crippen LogP contribution is -2.31. The van der Waals surface area contributed by atoms with Gasteiger partial charge in [-0.15, -0.1) is 0 Å². The van der Waals surface area contributed by atoms with E-state index in [0.29, 0.717) is 10.7 Å². The maximum Gasteiger partial charge on any atom is 0.315 e. The van der Waals surface area contributed by atoms with E-state index in [1.54, 1.807) is 24.3 Å². The van der Waals surface area contributed by atoms with Crippen molar-refractivity contribution in [1.82, 2.24) is 0 Å². The van der Waals surface area contributed by atoms with Crippen LogP contribution in [0.3, 0.4) is 0 Å². The maximum absolute atomic E-state index is 11.2. The van der Waals surface area contributed by atoms with Crippen molar-refractivity contribution in [3.8, 4) is 0 Å². The number of carbonyl (C=O) groups excluding carboxylic acids is 1. The van der Waals surface area contributed by atoms with Gasteiger partial charge in [-0.25, -0.2) is 0 Å².